The highest BCUT2D eigenvalue weighted by molar-refractivity contribution is 7.99. The first-order valence-electron chi connectivity index (χ1n) is 10.2. The van der Waals surface area contributed by atoms with E-state index in [-0.39, 0.29) is 11.4 Å². The largest absolute Gasteiger partial charge is 0.416 e. The van der Waals surface area contributed by atoms with Crippen molar-refractivity contribution in [2.45, 2.75) is 63.6 Å². The summed E-state index contributed by atoms with van der Waals surface area (Å²) in [6.45, 7) is 4.36. The molecule has 0 bridgehead atoms. The van der Waals surface area contributed by atoms with E-state index < -0.39 is 11.7 Å². The number of rotatable bonds is 5. The number of fused-ring (bicyclic) bond motifs is 1. The molecule has 1 aromatic heterocycles. The van der Waals surface area contributed by atoms with Crippen LogP contribution < -0.4 is 5.32 Å². The molecule has 1 aliphatic carbocycles. The van der Waals surface area contributed by atoms with Gasteiger partial charge in [0.05, 0.1) is 16.6 Å². The Morgan fingerprint density at radius 1 is 1.21 bits per heavy atom. The monoisotopic (exact) mass is 424 g/mol. The average Bonchev–Trinajstić information content (AvgIpc) is 2.94. The second-order valence-electron chi connectivity index (χ2n) is 7.65. The van der Waals surface area contributed by atoms with Gasteiger partial charge in [-0.3, -0.25) is 4.79 Å². The molecule has 0 atom stereocenters. The van der Waals surface area contributed by atoms with Crippen molar-refractivity contribution < 1.29 is 18.0 Å². The van der Waals surface area contributed by atoms with Gasteiger partial charge in [-0.2, -0.15) is 13.2 Å². The van der Waals surface area contributed by atoms with Crippen LogP contribution in [-0.4, -0.2) is 23.2 Å². The van der Waals surface area contributed by atoms with Gasteiger partial charge in [-0.15, -0.1) is 11.8 Å². The van der Waals surface area contributed by atoms with Gasteiger partial charge in [0.15, 0.2) is 0 Å². The van der Waals surface area contributed by atoms with Crippen LogP contribution >= 0.6 is 11.8 Å². The number of carbonyl (C=O) groups excluding carboxylic acids is 1. The standard InChI is InChI=1S/C22H27F3N2OS/c1-3-29-21-19(20(28)26-13-15-8-6-4-5-7-9-15)14(2)17-11-10-16(22(23,24)25)12-18(17)27-21/h10-12,15H,3-9,13H2,1-2H3,(H,26,28). The first-order chi connectivity index (χ1) is 13.8. The minimum Gasteiger partial charge on any atom is -0.352 e. The fourth-order valence-electron chi connectivity index (χ4n) is 3.98. The number of pyridine rings is 1. The molecule has 0 unspecified atom stereocenters. The summed E-state index contributed by atoms with van der Waals surface area (Å²) < 4.78 is 39.2. The van der Waals surface area contributed by atoms with E-state index in [1.165, 1.54) is 43.5 Å². The zero-order valence-electron chi connectivity index (χ0n) is 16.9. The zero-order chi connectivity index (χ0) is 21.0. The predicted octanol–water partition coefficient (Wildman–Crippen LogP) is 6.37. The fourth-order valence-corrected chi connectivity index (χ4v) is 4.81. The number of hydrogen-bond donors (Lipinski definition) is 1. The van der Waals surface area contributed by atoms with Gasteiger partial charge in [-0.05, 0) is 49.1 Å². The minimum absolute atomic E-state index is 0.183. The molecule has 0 aliphatic heterocycles. The molecule has 158 valence electrons. The number of benzene rings is 1. The van der Waals surface area contributed by atoms with Crippen LogP contribution in [0.4, 0.5) is 13.2 Å². The molecule has 1 N–H and O–H groups in total. The van der Waals surface area contributed by atoms with Gasteiger partial charge in [-0.1, -0.05) is 38.7 Å². The highest BCUT2D eigenvalue weighted by Gasteiger charge is 2.31. The molecule has 7 heteroatoms. The lowest BCUT2D eigenvalue weighted by molar-refractivity contribution is -0.137. The van der Waals surface area contributed by atoms with Crippen molar-refractivity contribution in [2.75, 3.05) is 12.3 Å². The van der Waals surface area contributed by atoms with Gasteiger partial charge in [0.1, 0.15) is 5.03 Å². The number of alkyl halides is 3. The Labute approximate surface area is 173 Å². The number of amides is 1. The van der Waals surface area contributed by atoms with Crippen LogP contribution in [0.25, 0.3) is 10.9 Å². The van der Waals surface area contributed by atoms with Crippen LogP contribution in [0.2, 0.25) is 0 Å². The molecule has 3 rings (SSSR count). The maximum atomic E-state index is 13.1. The predicted molar refractivity (Wildman–Crippen MR) is 111 cm³/mol. The van der Waals surface area contributed by atoms with Crippen molar-refractivity contribution in [3.63, 3.8) is 0 Å². The highest BCUT2D eigenvalue weighted by Crippen LogP contribution is 2.34. The Morgan fingerprint density at radius 3 is 2.52 bits per heavy atom. The van der Waals surface area contributed by atoms with Crippen molar-refractivity contribution in [1.29, 1.82) is 0 Å². The third-order valence-electron chi connectivity index (χ3n) is 5.57. The van der Waals surface area contributed by atoms with Crippen LogP contribution in [0.3, 0.4) is 0 Å². The summed E-state index contributed by atoms with van der Waals surface area (Å²) in [5.74, 6) is 0.989. The fraction of sp³-hybridized carbons (Fsp3) is 0.545. The summed E-state index contributed by atoms with van der Waals surface area (Å²) in [5, 5.41) is 4.14. The van der Waals surface area contributed by atoms with E-state index in [1.54, 1.807) is 6.92 Å². The van der Waals surface area contributed by atoms with Crippen LogP contribution in [0.15, 0.2) is 23.2 Å². The normalized spacial score (nSPS) is 16.0. The van der Waals surface area contributed by atoms with Crippen LogP contribution in [0, 0.1) is 12.8 Å². The number of nitrogens with one attached hydrogen (secondary N) is 1. The molecule has 29 heavy (non-hydrogen) atoms. The maximum absolute atomic E-state index is 13.1. The summed E-state index contributed by atoms with van der Waals surface area (Å²) in [6.07, 6.45) is 2.77. The molecule has 2 aromatic rings. The van der Waals surface area contributed by atoms with Gasteiger partial charge in [0.25, 0.3) is 5.91 Å². The van der Waals surface area contributed by atoms with Crippen molar-refractivity contribution in [1.82, 2.24) is 10.3 Å². The Kier molecular flexibility index (Phi) is 7.09. The number of thioether (sulfide) groups is 1. The lowest BCUT2D eigenvalue weighted by atomic mass is 9.99. The minimum atomic E-state index is -4.42. The van der Waals surface area contributed by atoms with E-state index in [4.69, 9.17) is 0 Å². The topological polar surface area (TPSA) is 42.0 Å². The first-order valence-corrected chi connectivity index (χ1v) is 11.2. The summed E-state index contributed by atoms with van der Waals surface area (Å²) in [6, 6.07) is 3.54. The zero-order valence-corrected chi connectivity index (χ0v) is 17.7. The second-order valence-corrected chi connectivity index (χ2v) is 8.90. The van der Waals surface area contributed by atoms with Gasteiger partial charge in [0.2, 0.25) is 0 Å². The number of hydrogen-bond acceptors (Lipinski definition) is 3. The summed E-state index contributed by atoms with van der Waals surface area (Å²) in [7, 11) is 0. The molecular weight excluding hydrogens is 397 g/mol. The molecule has 1 saturated carbocycles. The number of aromatic nitrogens is 1. The van der Waals surface area contributed by atoms with Crippen molar-refractivity contribution >= 4 is 28.6 Å². The van der Waals surface area contributed by atoms with Crippen molar-refractivity contribution in [3.05, 3.63) is 34.9 Å². The number of carbonyl (C=O) groups is 1. The Morgan fingerprint density at radius 2 is 1.90 bits per heavy atom. The van der Waals surface area contributed by atoms with Crippen LogP contribution in [-0.2, 0) is 6.18 Å². The Hall–Kier alpha value is -1.76. The van der Waals surface area contributed by atoms with E-state index in [0.29, 0.717) is 39.8 Å². The number of nitrogens with zero attached hydrogens (tertiary/aromatic N) is 1. The van der Waals surface area contributed by atoms with Crippen LogP contribution in [0.1, 0.15) is 66.9 Å². The van der Waals surface area contributed by atoms with E-state index in [2.05, 4.69) is 10.3 Å². The maximum Gasteiger partial charge on any atom is 0.416 e. The molecule has 1 fully saturated rings. The Bertz CT molecular complexity index is 874. The molecule has 1 amide bonds. The molecular formula is C22H27F3N2OS. The third kappa shape index (κ3) is 5.24. The highest BCUT2D eigenvalue weighted by atomic mass is 32.2. The smallest absolute Gasteiger partial charge is 0.352 e. The molecule has 0 saturated heterocycles. The average molecular weight is 425 g/mol. The van der Waals surface area contributed by atoms with E-state index in [1.807, 2.05) is 6.92 Å². The summed E-state index contributed by atoms with van der Waals surface area (Å²) in [4.78, 5) is 17.4. The second kappa shape index (κ2) is 9.37. The van der Waals surface area contributed by atoms with E-state index in [9.17, 15) is 18.0 Å². The van der Waals surface area contributed by atoms with Gasteiger partial charge in [0, 0.05) is 11.9 Å². The SMILES string of the molecule is CCSc1nc2cc(C(F)(F)F)ccc2c(C)c1C(=O)NCC1CCCCCC1. The quantitative estimate of drug-likeness (QED) is 0.448. The van der Waals surface area contributed by atoms with Gasteiger partial charge >= 0.3 is 6.18 Å². The van der Waals surface area contributed by atoms with Gasteiger partial charge in [-0.25, -0.2) is 4.98 Å². The molecule has 0 spiro atoms. The molecule has 1 aromatic carbocycles. The molecule has 1 heterocycles. The molecule has 0 radical (unpaired) electrons. The summed E-state index contributed by atoms with van der Waals surface area (Å²) >= 11 is 1.38. The van der Waals surface area contributed by atoms with E-state index >= 15 is 0 Å². The number of halogens is 3. The lowest BCUT2D eigenvalue weighted by Gasteiger charge is -2.18. The number of aryl methyl sites for hydroxylation is 1. The third-order valence-corrected chi connectivity index (χ3v) is 6.43. The Balaban J connectivity index is 1.91. The van der Waals surface area contributed by atoms with Crippen molar-refractivity contribution in [3.8, 4) is 0 Å². The van der Waals surface area contributed by atoms with Gasteiger partial charge < -0.3 is 5.32 Å². The van der Waals surface area contributed by atoms with Crippen molar-refractivity contribution in [2.24, 2.45) is 5.92 Å². The first kappa shape index (κ1) is 21.9. The molecule has 3 nitrogen and oxygen atoms in total. The molecule has 1 aliphatic rings. The van der Waals surface area contributed by atoms with Crippen LogP contribution in [0.5, 0.6) is 0 Å². The lowest BCUT2D eigenvalue weighted by Crippen LogP contribution is -2.30. The summed E-state index contributed by atoms with van der Waals surface area (Å²) in [5.41, 5.74) is 0.708. The van der Waals surface area contributed by atoms with E-state index in [0.717, 1.165) is 25.0 Å².